The van der Waals surface area contributed by atoms with E-state index in [1.165, 1.54) is 25.3 Å². The van der Waals surface area contributed by atoms with Crippen LogP contribution in [0, 0.1) is 0 Å². The van der Waals surface area contributed by atoms with Gasteiger partial charge >= 0.3 is 0 Å². The third-order valence-electron chi connectivity index (χ3n) is 3.51. The van der Waals surface area contributed by atoms with Crippen molar-refractivity contribution in [2.24, 2.45) is 0 Å². The Hall–Kier alpha value is -2.29. The number of hydrogen-bond acceptors (Lipinski definition) is 3. The number of aliphatic carboxylic acids is 1. The normalized spacial score (nSPS) is 11.1. The van der Waals surface area contributed by atoms with Crippen molar-refractivity contribution < 1.29 is 14.6 Å². The fourth-order valence-corrected chi connectivity index (χ4v) is 2.32. The predicted octanol–water partition coefficient (Wildman–Crippen LogP) is 3.56. The van der Waals surface area contributed by atoms with E-state index in [1.807, 2.05) is 36.4 Å². The van der Waals surface area contributed by atoms with Gasteiger partial charge in [-0.3, -0.25) is 0 Å². The van der Waals surface area contributed by atoms with Crippen LogP contribution in [-0.4, -0.2) is 12.6 Å². The molecule has 0 heterocycles. The smallest absolute Gasteiger partial charge is 0.119 e. The lowest BCUT2D eigenvalue weighted by molar-refractivity contribution is -0.297. The summed E-state index contributed by atoms with van der Waals surface area (Å²) in [6, 6.07) is 11.8. The average Bonchev–Trinajstić information content (AvgIpc) is 2.52. The molecule has 0 aliphatic carbocycles. The molecule has 22 heavy (non-hydrogen) atoms. The molecule has 0 atom stereocenters. The number of carboxylic acids is 1. The summed E-state index contributed by atoms with van der Waals surface area (Å²) in [5.41, 5.74) is 0.838. The van der Waals surface area contributed by atoms with Gasteiger partial charge in [-0.25, -0.2) is 0 Å². The first-order chi connectivity index (χ1) is 10.7. The molecule has 2 rings (SSSR count). The average molecular weight is 297 g/mol. The number of benzene rings is 2. The van der Waals surface area contributed by atoms with Crippen molar-refractivity contribution in [2.45, 2.75) is 32.6 Å². The van der Waals surface area contributed by atoms with E-state index in [-0.39, 0.29) is 0 Å². The van der Waals surface area contributed by atoms with Gasteiger partial charge in [-0.05, 0) is 47.0 Å². The minimum Gasteiger partial charge on any atom is -0.545 e. The Morgan fingerprint density at radius 3 is 2.64 bits per heavy atom. The summed E-state index contributed by atoms with van der Waals surface area (Å²) in [4.78, 5) is 10.4. The van der Waals surface area contributed by atoms with E-state index in [9.17, 15) is 9.90 Å². The van der Waals surface area contributed by atoms with E-state index >= 15 is 0 Å². The number of fused-ring (bicyclic) bond motifs is 1. The standard InChI is InChI=1S/C19H22O3/c1-2-3-4-5-12-22-18-10-9-16-13-15(7-11-19(20)21)6-8-17(16)14-18/h6-11,13-14H,2-5,12H2,1H3,(H,20,21)/p-1/b11-7+. The monoisotopic (exact) mass is 297 g/mol. The molecule has 3 heteroatoms. The summed E-state index contributed by atoms with van der Waals surface area (Å²) >= 11 is 0. The molecule has 0 spiro atoms. The second-order valence-electron chi connectivity index (χ2n) is 5.33. The summed E-state index contributed by atoms with van der Waals surface area (Å²) in [5, 5.41) is 12.6. The first-order valence-corrected chi connectivity index (χ1v) is 7.74. The molecule has 0 amide bonds. The minimum absolute atomic E-state index is 0.748. The second-order valence-corrected chi connectivity index (χ2v) is 5.33. The molecule has 0 aromatic heterocycles. The molecule has 0 aliphatic heterocycles. The Labute approximate surface area is 131 Å². The van der Waals surface area contributed by atoms with Gasteiger partial charge in [0.25, 0.3) is 0 Å². The largest absolute Gasteiger partial charge is 0.545 e. The molecule has 3 nitrogen and oxygen atoms in total. The molecule has 0 saturated carbocycles. The molecule has 0 fully saturated rings. The third-order valence-corrected chi connectivity index (χ3v) is 3.51. The summed E-state index contributed by atoms with van der Waals surface area (Å²) in [6.45, 7) is 2.94. The van der Waals surface area contributed by atoms with Crippen molar-refractivity contribution in [2.75, 3.05) is 6.61 Å². The molecule has 2 aromatic carbocycles. The number of carbonyl (C=O) groups excluding carboxylic acids is 1. The van der Waals surface area contributed by atoms with Gasteiger partial charge in [0.05, 0.1) is 12.6 Å². The third kappa shape index (κ3) is 4.92. The summed E-state index contributed by atoms with van der Waals surface area (Å²) in [7, 11) is 0. The van der Waals surface area contributed by atoms with Gasteiger partial charge in [0.2, 0.25) is 0 Å². The van der Waals surface area contributed by atoms with E-state index in [1.54, 1.807) is 0 Å². The van der Waals surface area contributed by atoms with E-state index in [2.05, 4.69) is 6.92 Å². The number of carboxylic acid groups (broad SMARTS) is 1. The van der Waals surface area contributed by atoms with Crippen molar-refractivity contribution in [3.8, 4) is 5.75 Å². The van der Waals surface area contributed by atoms with E-state index in [4.69, 9.17) is 4.74 Å². The van der Waals surface area contributed by atoms with Gasteiger partial charge in [0.1, 0.15) is 5.75 Å². The van der Waals surface area contributed by atoms with Crippen LogP contribution in [0.4, 0.5) is 0 Å². The maximum absolute atomic E-state index is 10.4. The highest BCUT2D eigenvalue weighted by molar-refractivity contribution is 5.88. The van der Waals surface area contributed by atoms with E-state index in [0.717, 1.165) is 41.2 Å². The van der Waals surface area contributed by atoms with Crippen LogP contribution in [-0.2, 0) is 4.79 Å². The maximum atomic E-state index is 10.4. The summed E-state index contributed by atoms with van der Waals surface area (Å²) in [6.07, 6.45) is 7.34. The van der Waals surface area contributed by atoms with E-state index in [0.29, 0.717) is 0 Å². The highest BCUT2D eigenvalue weighted by atomic mass is 16.5. The van der Waals surface area contributed by atoms with Gasteiger partial charge < -0.3 is 14.6 Å². The SMILES string of the molecule is CCCCCCOc1ccc2cc(/C=C/C(=O)[O-])ccc2c1. The zero-order valence-corrected chi connectivity index (χ0v) is 12.9. The zero-order valence-electron chi connectivity index (χ0n) is 12.9. The first kappa shape index (κ1) is 16.1. The van der Waals surface area contributed by atoms with Crippen LogP contribution in [0.15, 0.2) is 42.5 Å². The minimum atomic E-state index is -1.19. The molecule has 0 bridgehead atoms. The Balaban J connectivity index is 2.02. The molecular weight excluding hydrogens is 276 g/mol. The van der Waals surface area contributed by atoms with Gasteiger partial charge in [0, 0.05) is 0 Å². The van der Waals surface area contributed by atoms with Crippen LogP contribution in [0.1, 0.15) is 38.2 Å². The molecule has 0 radical (unpaired) electrons. The van der Waals surface area contributed by atoms with Crippen LogP contribution in [0.5, 0.6) is 5.75 Å². The quantitative estimate of drug-likeness (QED) is 0.553. The lowest BCUT2D eigenvalue weighted by Gasteiger charge is -2.07. The van der Waals surface area contributed by atoms with Gasteiger partial charge in [-0.1, -0.05) is 50.5 Å². The van der Waals surface area contributed by atoms with Crippen molar-refractivity contribution in [1.82, 2.24) is 0 Å². The summed E-state index contributed by atoms with van der Waals surface area (Å²) in [5.74, 6) is -0.311. The molecule has 0 saturated heterocycles. The Morgan fingerprint density at radius 2 is 1.86 bits per heavy atom. The number of rotatable bonds is 8. The molecule has 0 unspecified atom stereocenters. The fraction of sp³-hybridized carbons (Fsp3) is 0.316. The highest BCUT2D eigenvalue weighted by Gasteiger charge is 1.99. The Kier molecular flexibility index (Phi) is 6.01. The predicted molar refractivity (Wildman–Crippen MR) is 87.6 cm³/mol. The highest BCUT2D eigenvalue weighted by Crippen LogP contribution is 2.23. The van der Waals surface area contributed by atoms with Crippen molar-refractivity contribution in [3.05, 3.63) is 48.0 Å². The van der Waals surface area contributed by atoms with E-state index < -0.39 is 5.97 Å². The number of carbonyl (C=O) groups is 1. The van der Waals surface area contributed by atoms with Crippen LogP contribution >= 0.6 is 0 Å². The van der Waals surface area contributed by atoms with Gasteiger partial charge in [-0.2, -0.15) is 0 Å². The van der Waals surface area contributed by atoms with Crippen LogP contribution in [0.25, 0.3) is 16.8 Å². The summed E-state index contributed by atoms with van der Waals surface area (Å²) < 4.78 is 5.77. The van der Waals surface area contributed by atoms with Crippen LogP contribution in [0.2, 0.25) is 0 Å². The number of ether oxygens (including phenoxy) is 1. The fourth-order valence-electron chi connectivity index (χ4n) is 2.32. The molecule has 2 aromatic rings. The zero-order chi connectivity index (χ0) is 15.8. The molecule has 0 aliphatic rings. The Bertz CT molecular complexity index is 659. The molecule has 0 N–H and O–H groups in total. The second kappa shape index (κ2) is 8.23. The van der Waals surface area contributed by atoms with Gasteiger partial charge in [-0.15, -0.1) is 0 Å². The maximum Gasteiger partial charge on any atom is 0.119 e. The number of unbranched alkanes of at least 4 members (excludes halogenated alkanes) is 3. The van der Waals surface area contributed by atoms with Crippen LogP contribution < -0.4 is 9.84 Å². The topological polar surface area (TPSA) is 49.4 Å². The molecule has 116 valence electrons. The number of hydrogen-bond donors (Lipinski definition) is 0. The Morgan fingerprint density at radius 1 is 1.09 bits per heavy atom. The lowest BCUT2D eigenvalue weighted by atomic mass is 10.1. The van der Waals surface area contributed by atoms with Gasteiger partial charge in [0.15, 0.2) is 0 Å². The molecular formula is C19H21O3-. The first-order valence-electron chi connectivity index (χ1n) is 7.74. The van der Waals surface area contributed by atoms with Crippen molar-refractivity contribution >= 4 is 22.8 Å². The lowest BCUT2D eigenvalue weighted by Crippen LogP contribution is -2.18. The van der Waals surface area contributed by atoms with Crippen LogP contribution in [0.3, 0.4) is 0 Å². The van der Waals surface area contributed by atoms with Crippen molar-refractivity contribution in [3.63, 3.8) is 0 Å². The van der Waals surface area contributed by atoms with Crippen molar-refractivity contribution in [1.29, 1.82) is 0 Å².